The number of aliphatic hydroxyl groups is 1. The molecule has 4 rings (SSSR count). The van der Waals surface area contributed by atoms with Gasteiger partial charge in [-0.3, -0.25) is 14.5 Å². The molecule has 2 aromatic carbocycles. The van der Waals surface area contributed by atoms with Gasteiger partial charge in [0.1, 0.15) is 17.1 Å². The number of ketones is 1. The molecule has 10 heteroatoms. The number of aromatic hydroxyl groups is 1. The minimum absolute atomic E-state index is 0.122. The molecule has 2 N–H and O–H groups in total. The molecule has 0 aliphatic carbocycles. The largest absolute Gasteiger partial charge is 0.507 e. The van der Waals surface area contributed by atoms with E-state index in [1.807, 2.05) is 0 Å². The third kappa shape index (κ3) is 3.16. The highest BCUT2D eigenvalue weighted by Crippen LogP contribution is 2.44. The summed E-state index contributed by atoms with van der Waals surface area (Å²) in [6.07, 6.45) is 0. The number of Topliss-reactive ketones (excluding diaryl/α,β-unsaturated/α-hetero) is 1. The molecule has 0 spiro atoms. The van der Waals surface area contributed by atoms with Crippen LogP contribution in [-0.4, -0.2) is 39.2 Å². The number of phenols is 1. The van der Waals surface area contributed by atoms with Gasteiger partial charge in [-0.25, -0.2) is 4.39 Å². The number of amides is 1. The van der Waals surface area contributed by atoms with Gasteiger partial charge in [0.15, 0.2) is 11.5 Å². The molecule has 0 bridgehead atoms. The molecule has 3 aromatic rings. The van der Waals surface area contributed by atoms with Gasteiger partial charge in [0.2, 0.25) is 5.13 Å². The van der Waals surface area contributed by atoms with Crippen molar-refractivity contribution in [3.05, 3.63) is 70.5 Å². The van der Waals surface area contributed by atoms with Gasteiger partial charge in [-0.1, -0.05) is 17.4 Å². The van der Waals surface area contributed by atoms with Gasteiger partial charge in [0.25, 0.3) is 5.78 Å². The van der Waals surface area contributed by atoms with Crippen LogP contribution < -0.4 is 9.64 Å². The highest BCUT2D eigenvalue weighted by Gasteiger charge is 2.48. The Morgan fingerprint density at radius 1 is 1.20 bits per heavy atom. The monoisotopic (exact) mass is 427 g/mol. The summed E-state index contributed by atoms with van der Waals surface area (Å²) in [5.41, 5.74) is 1.77. The standard InChI is InChI=1S/C20H14FN3O5S/c1-29-14-8-11(4-7-13(14)25)16-15(17(26)10-2-5-12(21)6-3-10)18(27)19(28)24(16)20-23-22-9-30-20/h2-9,16,25-26H,1H3/b17-15+/t16-/m0/s1. The minimum Gasteiger partial charge on any atom is -0.507 e. The predicted molar refractivity (Wildman–Crippen MR) is 106 cm³/mol. The average Bonchev–Trinajstić information content (AvgIpc) is 3.35. The van der Waals surface area contributed by atoms with E-state index in [9.17, 15) is 24.2 Å². The Morgan fingerprint density at radius 2 is 1.93 bits per heavy atom. The van der Waals surface area contributed by atoms with Gasteiger partial charge in [-0.05, 0) is 42.0 Å². The lowest BCUT2D eigenvalue weighted by Gasteiger charge is -2.23. The molecular formula is C20H14FN3O5S. The molecule has 1 amide bonds. The van der Waals surface area contributed by atoms with Crippen LogP contribution in [0.3, 0.4) is 0 Å². The lowest BCUT2D eigenvalue weighted by atomic mass is 9.95. The smallest absolute Gasteiger partial charge is 0.301 e. The van der Waals surface area contributed by atoms with Crippen molar-refractivity contribution in [2.24, 2.45) is 0 Å². The van der Waals surface area contributed by atoms with Crippen molar-refractivity contribution in [1.29, 1.82) is 0 Å². The molecule has 152 valence electrons. The van der Waals surface area contributed by atoms with Gasteiger partial charge in [0.05, 0.1) is 18.7 Å². The first-order chi connectivity index (χ1) is 14.4. The highest BCUT2D eigenvalue weighted by molar-refractivity contribution is 7.13. The van der Waals surface area contributed by atoms with Crippen molar-refractivity contribution in [3.8, 4) is 11.5 Å². The van der Waals surface area contributed by atoms with Crippen LogP contribution in [0.2, 0.25) is 0 Å². The Kier molecular flexibility index (Phi) is 4.92. The number of aromatic nitrogens is 2. The van der Waals surface area contributed by atoms with Crippen molar-refractivity contribution < 1.29 is 28.9 Å². The number of halogens is 1. The summed E-state index contributed by atoms with van der Waals surface area (Å²) in [5, 5.41) is 28.6. The number of carbonyl (C=O) groups is 2. The van der Waals surface area contributed by atoms with Gasteiger partial charge in [-0.15, -0.1) is 10.2 Å². The number of phenolic OH excluding ortho intramolecular Hbond substituents is 1. The highest BCUT2D eigenvalue weighted by atomic mass is 32.1. The fraction of sp³-hybridized carbons (Fsp3) is 0.100. The van der Waals surface area contributed by atoms with Crippen LogP contribution in [0.1, 0.15) is 17.2 Å². The van der Waals surface area contributed by atoms with Gasteiger partial charge in [-0.2, -0.15) is 0 Å². The Bertz CT molecular complexity index is 1160. The first kappa shape index (κ1) is 19.5. The summed E-state index contributed by atoms with van der Waals surface area (Å²) >= 11 is 1.05. The van der Waals surface area contributed by atoms with E-state index < -0.39 is 29.3 Å². The molecule has 30 heavy (non-hydrogen) atoms. The summed E-state index contributed by atoms with van der Waals surface area (Å²) in [7, 11) is 1.36. The number of aliphatic hydroxyl groups excluding tert-OH is 1. The first-order valence-electron chi connectivity index (χ1n) is 8.62. The molecule has 1 saturated heterocycles. The fourth-order valence-corrected chi connectivity index (χ4v) is 3.83. The molecule has 1 fully saturated rings. The maximum Gasteiger partial charge on any atom is 0.301 e. The second-order valence-corrected chi connectivity index (χ2v) is 7.14. The predicted octanol–water partition coefficient (Wildman–Crippen LogP) is 3.02. The molecule has 8 nitrogen and oxygen atoms in total. The van der Waals surface area contributed by atoms with Crippen LogP contribution >= 0.6 is 11.3 Å². The summed E-state index contributed by atoms with van der Waals surface area (Å²) in [6, 6.07) is 8.13. The number of ether oxygens (including phenoxy) is 1. The molecule has 1 aliphatic rings. The number of benzene rings is 2. The minimum atomic E-state index is -1.06. The molecule has 1 aliphatic heterocycles. The molecule has 1 atom stereocenters. The zero-order valence-electron chi connectivity index (χ0n) is 15.4. The average molecular weight is 427 g/mol. The van der Waals surface area contributed by atoms with Crippen molar-refractivity contribution in [3.63, 3.8) is 0 Å². The van der Waals surface area contributed by atoms with Crippen molar-refractivity contribution in [2.45, 2.75) is 6.04 Å². The van der Waals surface area contributed by atoms with E-state index in [0.717, 1.165) is 28.4 Å². The number of hydrogen-bond acceptors (Lipinski definition) is 8. The number of methoxy groups -OCH3 is 1. The second kappa shape index (κ2) is 7.56. The molecule has 2 heterocycles. The molecule has 1 aromatic heterocycles. The quantitative estimate of drug-likeness (QED) is 0.374. The van der Waals surface area contributed by atoms with Gasteiger partial charge < -0.3 is 14.9 Å². The number of anilines is 1. The van der Waals surface area contributed by atoms with E-state index in [4.69, 9.17) is 4.74 Å². The molecule has 0 radical (unpaired) electrons. The Labute approximate surface area is 173 Å². The van der Waals surface area contributed by atoms with E-state index in [1.165, 1.54) is 43.0 Å². The van der Waals surface area contributed by atoms with E-state index >= 15 is 0 Å². The first-order valence-corrected chi connectivity index (χ1v) is 9.50. The Balaban J connectivity index is 1.95. The second-order valence-electron chi connectivity index (χ2n) is 6.33. The van der Waals surface area contributed by atoms with E-state index in [0.29, 0.717) is 5.56 Å². The van der Waals surface area contributed by atoms with Crippen molar-refractivity contribution >= 4 is 33.9 Å². The van der Waals surface area contributed by atoms with E-state index in [1.54, 1.807) is 0 Å². The fourth-order valence-electron chi connectivity index (χ4n) is 3.24. The van der Waals surface area contributed by atoms with Crippen LogP contribution in [0, 0.1) is 5.82 Å². The van der Waals surface area contributed by atoms with Crippen LogP contribution in [0.15, 0.2) is 53.5 Å². The third-order valence-electron chi connectivity index (χ3n) is 4.64. The topological polar surface area (TPSA) is 113 Å². The summed E-state index contributed by atoms with van der Waals surface area (Å²) < 4.78 is 18.4. The normalized spacial score (nSPS) is 18.1. The number of hydrogen-bond donors (Lipinski definition) is 2. The zero-order chi connectivity index (χ0) is 21.4. The Morgan fingerprint density at radius 3 is 2.57 bits per heavy atom. The number of carbonyl (C=O) groups excluding carboxylic acids is 2. The van der Waals surface area contributed by atoms with Crippen molar-refractivity contribution in [1.82, 2.24) is 10.2 Å². The van der Waals surface area contributed by atoms with Crippen LogP contribution in [0.5, 0.6) is 11.5 Å². The zero-order valence-corrected chi connectivity index (χ0v) is 16.3. The van der Waals surface area contributed by atoms with Crippen molar-refractivity contribution in [2.75, 3.05) is 12.0 Å². The number of nitrogens with zero attached hydrogens (tertiary/aromatic N) is 3. The maximum atomic E-state index is 13.3. The Hall–Kier alpha value is -3.79. The van der Waals surface area contributed by atoms with Crippen LogP contribution in [-0.2, 0) is 9.59 Å². The molecule has 0 unspecified atom stereocenters. The van der Waals surface area contributed by atoms with Gasteiger partial charge in [0, 0.05) is 5.56 Å². The van der Waals surface area contributed by atoms with Gasteiger partial charge >= 0.3 is 5.91 Å². The van der Waals surface area contributed by atoms with Crippen LogP contribution in [0.25, 0.3) is 5.76 Å². The summed E-state index contributed by atoms with van der Waals surface area (Å²) in [4.78, 5) is 26.9. The number of rotatable bonds is 4. The lowest BCUT2D eigenvalue weighted by Crippen LogP contribution is -2.29. The van der Waals surface area contributed by atoms with Crippen LogP contribution in [0.4, 0.5) is 9.52 Å². The SMILES string of the molecule is COc1cc([C@H]2/C(=C(\O)c3ccc(F)cc3)C(=O)C(=O)N2c2nncs2)ccc1O. The summed E-state index contributed by atoms with van der Waals surface area (Å²) in [6.45, 7) is 0. The maximum absolute atomic E-state index is 13.3. The van der Waals surface area contributed by atoms with E-state index in [2.05, 4.69) is 10.2 Å². The third-order valence-corrected chi connectivity index (χ3v) is 5.33. The molecular weight excluding hydrogens is 413 g/mol. The summed E-state index contributed by atoms with van der Waals surface area (Å²) in [5.74, 6) is -2.81. The lowest BCUT2D eigenvalue weighted by molar-refractivity contribution is -0.132. The molecule has 0 saturated carbocycles. The van der Waals surface area contributed by atoms with E-state index in [-0.39, 0.29) is 27.8 Å².